The highest BCUT2D eigenvalue weighted by Gasteiger charge is 2.47. The van der Waals surface area contributed by atoms with Crippen molar-refractivity contribution < 1.29 is 14.7 Å². The molecule has 1 rings (SSSR count). The van der Waals surface area contributed by atoms with E-state index in [2.05, 4.69) is 6.92 Å². The van der Waals surface area contributed by atoms with Gasteiger partial charge in [0.25, 0.3) is 0 Å². The van der Waals surface area contributed by atoms with Gasteiger partial charge in [0.15, 0.2) is 0 Å². The van der Waals surface area contributed by atoms with Gasteiger partial charge in [-0.2, -0.15) is 0 Å². The summed E-state index contributed by atoms with van der Waals surface area (Å²) in [6.07, 6.45) is 3.92. The second-order valence-corrected chi connectivity index (χ2v) is 5.21. The molecule has 0 aromatic rings. The summed E-state index contributed by atoms with van der Waals surface area (Å²) in [5, 5.41) is 9.56. The van der Waals surface area contributed by atoms with Crippen LogP contribution in [0.3, 0.4) is 0 Å². The second kappa shape index (κ2) is 5.52. The van der Waals surface area contributed by atoms with Gasteiger partial charge in [-0.1, -0.05) is 26.7 Å². The van der Waals surface area contributed by atoms with E-state index in [1.165, 1.54) is 6.92 Å². The summed E-state index contributed by atoms with van der Waals surface area (Å²) in [6.45, 7) is 6.05. The Kier molecular flexibility index (Phi) is 4.54. The summed E-state index contributed by atoms with van der Waals surface area (Å²) in [5.41, 5.74) is -0.959. The van der Waals surface area contributed by atoms with E-state index < -0.39 is 11.5 Å². The molecule has 17 heavy (non-hydrogen) atoms. The number of hydrogen-bond donors (Lipinski definition) is 1. The number of carboxylic acids is 1. The third-order valence-electron chi connectivity index (χ3n) is 3.72. The first kappa shape index (κ1) is 14.0. The van der Waals surface area contributed by atoms with Crippen LogP contribution in [0.2, 0.25) is 0 Å². The van der Waals surface area contributed by atoms with Crippen molar-refractivity contribution in [2.75, 3.05) is 6.54 Å². The van der Waals surface area contributed by atoms with E-state index in [1.807, 2.05) is 6.92 Å². The fourth-order valence-corrected chi connectivity index (χ4v) is 2.97. The maximum Gasteiger partial charge on any atom is 0.329 e. The van der Waals surface area contributed by atoms with Gasteiger partial charge in [0.05, 0.1) is 0 Å². The predicted octanol–water partition coefficient (Wildman–Crippen LogP) is 2.28. The van der Waals surface area contributed by atoms with Crippen LogP contribution in [-0.4, -0.2) is 34.0 Å². The lowest BCUT2D eigenvalue weighted by atomic mass is 9.75. The van der Waals surface area contributed by atoms with E-state index in [-0.39, 0.29) is 5.91 Å². The molecule has 1 aliphatic rings. The first-order valence-corrected chi connectivity index (χ1v) is 6.45. The molecule has 1 N–H and O–H groups in total. The van der Waals surface area contributed by atoms with Gasteiger partial charge in [0, 0.05) is 13.5 Å². The van der Waals surface area contributed by atoms with E-state index in [1.54, 1.807) is 4.90 Å². The van der Waals surface area contributed by atoms with Gasteiger partial charge in [0.2, 0.25) is 5.91 Å². The molecule has 4 heteroatoms. The standard InChI is InChI=1S/C13H23NO3/c1-4-8-14(11(3)15)13(12(16)17)7-5-6-10(2)9-13/h10H,4-9H2,1-3H3,(H,16,17). The molecule has 0 saturated heterocycles. The zero-order valence-electron chi connectivity index (χ0n) is 11.0. The monoisotopic (exact) mass is 241 g/mol. The summed E-state index contributed by atoms with van der Waals surface area (Å²) in [5.74, 6) is -0.588. The minimum atomic E-state index is -0.959. The summed E-state index contributed by atoms with van der Waals surface area (Å²) in [7, 11) is 0. The van der Waals surface area contributed by atoms with E-state index in [4.69, 9.17) is 0 Å². The van der Waals surface area contributed by atoms with E-state index >= 15 is 0 Å². The fraction of sp³-hybridized carbons (Fsp3) is 0.846. The lowest BCUT2D eigenvalue weighted by Crippen LogP contribution is -2.58. The fourth-order valence-electron chi connectivity index (χ4n) is 2.97. The molecule has 4 nitrogen and oxygen atoms in total. The molecule has 0 aromatic heterocycles. The number of amides is 1. The SMILES string of the molecule is CCCN(C(C)=O)C1(C(=O)O)CCCC(C)C1. The van der Waals surface area contributed by atoms with Crippen molar-refractivity contribution in [2.24, 2.45) is 5.92 Å². The highest BCUT2D eigenvalue weighted by Crippen LogP contribution is 2.37. The van der Waals surface area contributed by atoms with E-state index in [0.29, 0.717) is 25.3 Å². The molecule has 0 heterocycles. The molecule has 0 spiro atoms. The number of hydrogen-bond acceptors (Lipinski definition) is 2. The Morgan fingerprint density at radius 3 is 2.53 bits per heavy atom. The molecule has 0 aromatic carbocycles. The van der Waals surface area contributed by atoms with Crippen LogP contribution < -0.4 is 0 Å². The van der Waals surface area contributed by atoms with Gasteiger partial charge >= 0.3 is 5.97 Å². The lowest BCUT2D eigenvalue weighted by Gasteiger charge is -2.44. The Hall–Kier alpha value is -1.06. The first-order chi connectivity index (χ1) is 7.94. The van der Waals surface area contributed by atoms with Crippen molar-refractivity contribution in [3.63, 3.8) is 0 Å². The molecule has 0 bridgehead atoms. The largest absolute Gasteiger partial charge is 0.479 e. The summed E-state index contributed by atoms with van der Waals surface area (Å²) in [4.78, 5) is 24.9. The highest BCUT2D eigenvalue weighted by molar-refractivity contribution is 5.86. The average Bonchev–Trinajstić information content (AvgIpc) is 2.25. The molecule has 1 amide bonds. The minimum Gasteiger partial charge on any atom is -0.479 e. The van der Waals surface area contributed by atoms with Crippen LogP contribution in [0.15, 0.2) is 0 Å². The number of carbonyl (C=O) groups excluding carboxylic acids is 1. The Labute approximate surface area is 103 Å². The van der Waals surface area contributed by atoms with Gasteiger partial charge < -0.3 is 10.0 Å². The molecule has 1 aliphatic carbocycles. The van der Waals surface area contributed by atoms with Gasteiger partial charge in [-0.05, 0) is 25.2 Å². The van der Waals surface area contributed by atoms with Gasteiger partial charge in [-0.3, -0.25) is 4.79 Å². The van der Waals surface area contributed by atoms with E-state index in [9.17, 15) is 14.7 Å². The van der Waals surface area contributed by atoms with Crippen molar-refractivity contribution in [2.45, 2.75) is 58.4 Å². The van der Waals surface area contributed by atoms with Crippen LogP contribution >= 0.6 is 0 Å². The van der Waals surface area contributed by atoms with E-state index in [0.717, 1.165) is 19.3 Å². The van der Waals surface area contributed by atoms with Crippen LogP contribution in [0.25, 0.3) is 0 Å². The number of carbonyl (C=O) groups is 2. The number of aliphatic carboxylic acids is 1. The summed E-state index contributed by atoms with van der Waals surface area (Å²) < 4.78 is 0. The first-order valence-electron chi connectivity index (χ1n) is 6.45. The van der Waals surface area contributed by atoms with Gasteiger partial charge in [-0.25, -0.2) is 4.79 Å². The topological polar surface area (TPSA) is 57.6 Å². The minimum absolute atomic E-state index is 0.122. The molecule has 0 radical (unpaired) electrons. The Morgan fingerprint density at radius 1 is 1.47 bits per heavy atom. The van der Waals surface area contributed by atoms with Crippen molar-refractivity contribution in [3.8, 4) is 0 Å². The molecular weight excluding hydrogens is 218 g/mol. The molecule has 2 atom stereocenters. The van der Waals surface area contributed by atoms with Crippen LogP contribution in [0.5, 0.6) is 0 Å². The molecule has 1 saturated carbocycles. The van der Waals surface area contributed by atoms with Crippen molar-refractivity contribution >= 4 is 11.9 Å². The zero-order valence-corrected chi connectivity index (χ0v) is 11.0. The smallest absolute Gasteiger partial charge is 0.329 e. The van der Waals surface area contributed by atoms with Crippen molar-refractivity contribution in [3.05, 3.63) is 0 Å². The van der Waals surface area contributed by atoms with Crippen molar-refractivity contribution in [1.82, 2.24) is 4.90 Å². The Bertz CT molecular complexity index is 303. The third kappa shape index (κ3) is 2.79. The maximum absolute atomic E-state index is 11.7. The second-order valence-electron chi connectivity index (χ2n) is 5.21. The normalized spacial score (nSPS) is 28.8. The van der Waals surface area contributed by atoms with Crippen LogP contribution in [0.4, 0.5) is 0 Å². The van der Waals surface area contributed by atoms with Crippen LogP contribution in [-0.2, 0) is 9.59 Å². The molecule has 1 fully saturated rings. The van der Waals surface area contributed by atoms with Gasteiger partial charge in [-0.15, -0.1) is 0 Å². The Balaban J connectivity index is 3.03. The van der Waals surface area contributed by atoms with Crippen LogP contribution in [0, 0.1) is 5.92 Å². The summed E-state index contributed by atoms with van der Waals surface area (Å²) >= 11 is 0. The Morgan fingerprint density at radius 2 is 2.12 bits per heavy atom. The van der Waals surface area contributed by atoms with Gasteiger partial charge in [0.1, 0.15) is 5.54 Å². The zero-order chi connectivity index (χ0) is 13.1. The quantitative estimate of drug-likeness (QED) is 0.821. The highest BCUT2D eigenvalue weighted by atomic mass is 16.4. The van der Waals surface area contributed by atoms with Crippen LogP contribution in [0.1, 0.15) is 52.9 Å². The lowest BCUT2D eigenvalue weighted by molar-refractivity contribution is -0.162. The van der Waals surface area contributed by atoms with Crippen molar-refractivity contribution in [1.29, 1.82) is 0 Å². The third-order valence-corrected chi connectivity index (χ3v) is 3.72. The number of carboxylic acid groups (broad SMARTS) is 1. The predicted molar refractivity (Wildman–Crippen MR) is 65.7 cm³/mol. The average molecular weight is 241 g/mol. The summed E-state index contributed by atoms with van der Waals surface area (Å²) in [6, 6.07) is 0. The molecule has 98 valence electrons. The molecule has 0 aliphatic heterocycles. The maximum atomic E-state index is 11.7. The number of rotatable bonds is 4. The molecular formula is C13H23NO3. The number of nitrogens with zero attached hydrogens (tertiary/aromatic N) is 1. The molecule has 2 unspecified atom stereocenters.